The lowest BCUT2D eigenvalue weighted by Gasteiger charge is -2.19. The van der Waals surface area contributed by atoms with Gasteiger partial charge >= 0.3 is 0 Å². The molecule has 0 aliphatic carbocycles. The Balaban J connectivity index is 2.51. The molecule has 1 aromatic rings. The van der Waals surface area contributed by atoms with E-state index >= 15 is 0 Å². The van der Waals surface area contributed by atoms with Crippen molar-refractivity contribution in [2.75, 3.05) is 13.1 Å². The smallest absolute Gasteiger partial charge is 0.215 e. The zero-order valence-electron chi connectivity index (χ0n) is 12.9. The first kappa shape index (κ1) is 18.1. The van der Waals surface area contributed by atoms with Crippen LogP contribution in [0.25, 0.3) is 0 Å². The molecular weight excluding hydrogens is 291 g/mol. The molecule has 0 aliphatic rings. The van der Waals surface area contributed by atoms with Gasteiger partial charge in [0, 0.05) is 12.6 Å². The Labute approximate surface area is 127 Å². The minimum atomic E-state index is -3.35. The van der Waals surface area contributed by atoms with Crippen molar-refractivity contribution in [3.8, 4) is 0 Å². The molecule has 2 N–H and O–H groups in total. The van der Waals surface area contributed by atoms with Crippen LogP contribution in [0.4, 0.5) is 4.39 Å². The molecule has 0 aliphatic heterocycles. The summed E-state index contributed by atoms with van der Waals surface area (Å²) in [5, 5.41) is 2.62. The lowest BCUT2D eigenvalue weighted by molar-refractivity contribution is 0.539. The third-order valence-electron chi connectivity index (χ3n) is 3.21. The Morgan fingerprint density at radius 1 is 1.19 bits per heavy atom. The number of sulfonamides is 1. The first-order valence-electron chi connectivity index (χ1n) is 7.31. The molecule has 4 nitrogen and oxygen atoms in total. The Bertz CT molecular complexity index is 517. The van der Waals surface area contributed by atoms with Crippen LogP contribution in [-0.2, 0) is 16.4 Å². The fraction of sp³-hybridized carbons (Fsp3) is 0.600. The van der Waals surface area contributed by atoms with Gasteiger partial charge in [0.1, 0.15) is 5.82 Å². The van der Waals surface area contributed by atoms with Crippen LogP contribution in [0.15, 0.2) is 24.3 Å². The quantitative estimate of drug-likeness (QED) is 0.686. The third kappa shape index (κ3) is 6.54. The minimum absolute atomic E-state index is 0.228. The zero-order valence-corrected chi connectivity index (χ0v) is 13.7. The van der Waals surface area contributed by atoms with Gasteiger partial charge in [0.05, 0.1) is 5.25 Å². The van der Waals surface area contributed by atoms with Crippen LogP contribution < -0.4 is 10.0 Å². The van der Waals surface area contributed by atoms with Gasteiger partial charge in [0.15, 0.2) is 0 Å². The van der Waals surface area contributed by atoms with Crippen molar-refractivity contribution in [3.05, 3.63) is 35.6 Å². The van der Waals surface area contributed by atoms with Gasteiger partial charge in [-0.3, -0.25) is 0 Å². The van der Waals surface area contributed by atoms with Gasteiger partial charge in [0.25, 0.3) is 0 Å². The summed E-state index contributed by atoms with van der Waals surface area (Å²) in [7, 11) is -3.35. The molecule has 0 spiro atoms. The summed E-state index contributed by atoms with van der Waals surface area (Å²) in [5.74, 6) is -0.289. The van der Waals surface area contributed by atoms with Crippen molar-refractivity contribution in [1.82, 2.24) is 10.0 Å². The van der Waals surface area contributed by atoms with E-state index in [1.54, 1.807) is 19.1 Å². The highest BCUT2D eigenvalue weighted by atomic mass is 32.2. The molecule has 2 unspecified atom stereocenters. The lowest BCUT2D eigenvalue weighted by atomic mass is 10.1. The van der Waals surface area contributed by atoms with E-state index in [0.29, 0.717) is 13.0 Å². The predicted molar refractivity (Wildman–Crippen MR) is 84.2 cm³/mol. The van der Waals surface area contributed by atoms with E-state index in [4.69, 9.17) is 0 Å². The fourth-order valence-corrected chi connectivity index (χ4v) is 3.22. The van der Waals surface area contributed by atoms with Gasteiger partial charge in [-0.1, -0.05) is 19.1 Å². The average molecular weight is 316 g/mol. The summed E-state index contributed by atoms with van der Waals surface area (Å²) in [6.45, 7) is 6.79. The van der Waals surface area contributed by atoms with Crippen molar-refractivity contribution < 1.29 is 12.8 Å². The van der Waals surface area contributed by atoms with E-state index < -0.39 is 15.3 Å². The van der Waals surface area contributed by atoms with Crippen LogP contribution in [-0.4, -0.2) is 32.8 Å². The highest BCUT2D eigenvalue weighted by Gasteiger charge is 2.22. The molecule has 1 aromatic carbocycles. The molecule has 2 atom stereocenters. The summed E-state index contributed by atoms with van der Waals surface area (Å²) in [5.41, 5.74) is 0.906. The first-order valence-corrected chi connectivity index (χ1v) is 8.86. The number of halogens is 1. The maximum Gasteiger partial charge on any atom is 0.215 e. The van der Waals surface area contributed by atoms with E-state index in [-0.39, 0.29) is 11.9 Å². The summed E-state index contributed by atoms with van der Waals surface area (Å²) < 4.78 is 39.9. The Hall–Kier alpha value is -0.980. The van der Waals surface area contributed by atoms with Crippen LogP contribution in [0.1, 0.15) is 32.8 Å². The summed E-state index contributed by atoms with van der Waals surface area (Å²) in [6.07, 6.45) is 1.51. The zero-order chi connectivity index (χ0) is 15.9. The van der Waals surface area contributed by atoms with Gasteiger partial charge in [-0.25, -0.2) is 17.5 Å². The van der Waals surface area contributed by atoms with Crippen LogP contribution in [0.5, 0.6) is 0 Å². The normalized spacial score (nSPS) is 14.9. The molecule has 21 heavy (non-hydrogen) atoms. The first-order chi connectivity index (χ1) is 9.85. The van der Waals surface area contributed by atoms with Crippen LogP contribution >= 0.6 is 0 Å². The van der Waals surface area contributed by atoms with Crippen LogP contribution in [0, 0.1) is 5.82 Å². The Kier molecular flexibility index (Phi) is 7.28. The maximum atomic E-state index is 12.8. The highest BCUT2D eigenvalue weighted by molar-refractivity contribution is 7.90. The monoisotopic (exact) mass is 316 g/mol. The Morgan fingerprint density at radius 2 is 1.81 bits per heavy atom. The standard InChI is InChI=1S/C15H25FN2O2S/c1-4-9-17-11-13(3)21(19,20)18-12(2)10-14-5-7-15(16)8-6-14/h5-8,12-13,17-18H,4,9-11H2,1-3H3. The predicted octanol–water partition coefficient (Wildman–Crippen LogP) is 2.06. The van der Waals surface area contributed by atoms with E-state index in [1.807, 2.05) is 13.8 Å². The highest BCUT2D eigenvalue weighted by Crippen LogP contribution is 2.07. The van der Waals surface area contributed by atoms with Gasteiger partial charge in [-0.2, -0.15) is 0 Å². The van der Waals surface area contributed by atoms with Crippen LogP contribution in [0.2, 0.25) is 0 Å². The number of hydrogen-bond donors (Lipinski definition) is 2. The SMILES string of the molecule is CCCNCC(C)S(=O)(=O)NC(C)Cc1ccc(F)cc1. The molecule has 0 amide bonds. The van der Waals surface area contributed by atoms with E-state index in [0.717, 1.165) is 18.5 Å². The summed E-state index contributed by atoms with van der Waals surface area (Å²) in [6, 6.07) is 5.88. The second-order valence-corrected chi connectivity index (χ2v) is 7.54. The number of rotatable bonds is 9. The molecule has 0 saturated carbocycles. The molecule has 0 aromatic heterocycles. The molecule has 0 heterocycles. The Morgan fingerprint density at radius 3 is 2.38 bits per heavy atom. The number of hydrogen-bond acceptors (Lipinski definition) is 3. The third-order valence-corrected chi connectivity index (χ3v) is 5.17. The van der Waals surface area contributed by atoms with Gasteiger partial charge in [0.2, 0.25) is 10.0 Å². The molecular formula is C15H25FN2O2S. The summed E-state index contributed by atoms with van der Waals surface area (Å²) >= 11 is 0. The molecule has 6 heteroatoms. The van der Waals surface area contributed by atoms with Crippen LogP contribution in [0.3, 0.4) is 0 Å². The molecule has 0 saturated heterocycles. The van der Waals surface area contributed by atoms with Crippen molar-refractivity contribution in [2.45, 2.75) is 44.9 Å². The largest absolute Gasteiger partial charge is 0.315 e. The number of nitrogens with one attached hydrogen (secondary N) is 2. The maximum absolute atomic E-state index is 12.8. The van der Waals surface area contributed by atoms with Crippen molar-refractivity contribution in [2.24, 2.45) is 0 Å². The van der Waals surface area contributed by atoms with Crippen molar-refractivity contribution in [1.29, 1.82) is 0 Å². The summed E-state index contributed by atoms with van der Waals surface area (Å²) in [4.78, 5) is 0. The van der Waals surface area contributed by atoms with E-state index in [2.05, 4.69) is 10.0 Å². The second-order valence-electron chi connectivity index (χ2n) is 5.41. The fourth-order valence-electron chi connectivity index (χ4n) is 2.00. The van der Waals surface area contributed by atoms with E-state index in [1.165, 1.54) is 12.1 Å². The average Bonchev–Trinajstić information content (AvgIpc) is 2.41. The van der Waals surface area contributed by atoms with E-state index in [9.17, 15) is 12.8 Å². The van der Waals surface area contributed by atoms with Gasteiger partial charge < -0.3 is 5.32 Å². The second kappa shape index (κ2) is 8.46. The molecule has 0 radical (unpaired) electrons. The minimum Gasteiger partial charge on any atom is -0.315 e. The number of benzene rings is 1. The van der Waals surface area contributed by atoms with Gasteiger partial charge in [-0.15, -0.1) is 0 Å². The molecule has 120 valence electrons. The molecule has 0 bridgehead atoms. The lowest BCUT2D eigenvalue weighted by Crippen LogP contribution is -2.43. The molecule has 0 fully saturated rings. The van der Waals surface area contributed by atoms with Crippen molar-refractivity contribution in [3.63, 3.8) is 0 Å². The topological polar surface area (TPSA) is 58.2 Å². The van der Waals surface area contributed by atoms with Gasteiger partial charge in [-0.05, 0) is 50.9 Å². The molecule has 1 rings (SSSR count). The van der Waals surface area contributed by atoms with Crippen molar-refractivity contribution >= 4 is 10.0 Å².